The summed E-state index contributed by atoms with van der Waals surface area (Å²) in [5.74, 6) is 0. The molecule has 1 heterocycles. The van der Waals surface area contributed by atoms with E-state index >= 15 is 0 Å². The zero-order valence-corrected chi connectivity index (χ0v) is 29.9. The normalized spacial score (nSPS) is 12.9. The van der Waals surface area contributed by atoms with Crippen molar-refractivity contribution >= 4 is 38.9 Å². The fourth-order valence-corrected chi connectivity index (χ4v) is 8.57. The van der Waals surface area contributed by atoms with E-state index in [-0.39, 0.29) is 5.41 Å². The van der Waals surface area contributed by atoms with Crippen molar-refractivity contribution in [1.29, 1.82) is 0 Å². The Morgan fingerprint density at radius 2 is 0.925 bits per heavy atom. The second-order valence-electron chi connectivity index (χ2n) is 14.6. The van der Waals surface area contributed by atoms with Crippen molar-refractivity contribution in [2.45, 2.75) is 19.3 Å². The highest BCUT2D eigenvalue weighted by Gasteiger charge is 2.35. The minimum atomic E-state index is -0.127. The van der Waals surface area contributed by atoms with Crippen molar-refractivity contribution in [3.63, 3.8) is 0 Å². The molecule has 10 rings (SSSR count). The molecule has 0 bridgehead atoms. The summed E-state index contributed by atoms with van der Waals surface area (Å²) in [7, 11) is 0. The predicted octanol–water partition coefficient (Wildman–Crippen LogP) is 13.9. The molecular weight excluding hydrogens is 641 g/mol. The van der Waals surface area contributed by atoms with Gasteiger partial charge >= 0.3 is 0 Å². The van der Waals surface area contributed by atoms with Gasteiger partial charge in [-0.2, -0.15) is 0 Å². The summed E-state index contributed by atoms with van der Waals surface area (Å²) in [5, 5.41) is 2.49. The molecule has 1 aromatic heterocycles. The molecule has 0 saturated carbocycles. The van der Waals surface area contributed by atoms with E-state index in [4.69, 9.17) is 0 Å². The number of rotatable bonds is 6. The van der Waals surface area contributed by atoms with E-state index in [1.165, 1.54) is 66.3 Å². The lowest BCUT2D eigenvalue weighted by atomic mass is 9.82. The van der Waals surface area contributed by atoms with E-state index < -0.39 is 0 Å². The van der Waals surface area contributed by atoms with Gasteiger partial charge in [0.05, 0.1) is 11.0 Å². The van der Waals surface area contributed by atoms with E-state index in [1.54, 1.807) is 0 Å². The molecule has 0 N–H and O–H groups in total. The summed E-state index contributed by atoms with van der Waals surface area (Å²) in [5.41, 5.74) is 16.9. The van der Waals surface area contributed by atoms with Crippen LogP contribution in [0.25, 0.3) is 60.9 Å². The highest BCUT2D eigenvalue weighted by Crippen LogP contribution is 2.51. The molecule has 0 saturated heterocycles. The Morgan fingerprint density at radius 3 is 1.64 bits per heavy atom. The van der Waals surface area contributed by atoms with Crippen LogP contribution in [-0.2, 0) is 5.41 Å². The summed E-state index contributed by atoms with van der Waals surface area (Å²) < 4.78 is 2.41. The van der Waals surface area contributed by atoms with Crippen LogP contribution in [-0.4, -0.2) is 4.57 Å². The Morgan fingerprint density at radius 1 is 0.377 bits per heavy atom. The molecule has 1 aliphatic rings. The molecule has 0 unspecified atom stereocenters. The molecule has 0 fully saturated rings. The van der Waals surface area contributed by atoms with E-state index in [0.29, 0.717) is 0 Å². The number of hydrogen-bond acceptors (Lipinski definition) is 1. The van der Waals surface area contributed by atoms with Crippen molar-refractivity contribution in [3.8, 4) is 39.1 Å². The first kappa shape index (κ1) is 31.1. The number of para-hydroxylation sites is 2. The molecule has 252 valence electrons. The first-order valence-electron chi connectivity index (χ1n) is 18.4. The molecule has 9 aromatic rings. The second kappa shape index (κ2) is 12.3. The van der Waals surface area contributed by atoms with Crippen molar-refractivity contribution in [1.82, 2.24) is 4.57 Å². The second-order valence-corrected chi connectivity index (χ2v) is 14.6. The average Bonchev–Trinajstić information content (AvgIpc) is 3.67. The van der Waals surface area contributed by atoms with Crippen LogP contribution in [0.15, 0.2) is 194 Å². The SMILES string of the molecule is CC1(C)c2ccccc2-c2ccc(N(c3cc(-c4ccccc4)cc(-c4ccccc4)c3)c3ccc4c5ccccc5n(-c5ccccc5)c4c3)cc21. The fraction of sp³-hybridized carbons (Fsp3) is 0.0588. The third-order valence-corrected chi connectivity index (χ3v) is 11.1. The van der Waals surface area contributed by atoms with Crippen LogP contribution in [0, 0.1) is 0 Å². The van der Waals surface area contributed by atoms with Gasteiger partial charge < -0.3 is 9.47 Å². The minimum Gasteiger partial charge on any atom is -0.310 e. The quantitative estimate of drug-likeness (QED) is 0.170. The Kier molecular flexibility index (Phi) is 7.19. The highest BCUT2D eigenvalue weighted by molar-refractivity contribution is 6.10. The van der Waals surface area contributed by atoms with Gasteiger partial charge in [-0.1, -0.05) is 147 Å². The monoisotopic (exact) mass is 678 g/mol. The number of anilines is 3. The number of nitrogens with zero attached hydrogens (tertiary/aromatic N) is 2. The predicted molar refractivity (Wildman–Crippen MR) is 224 cm³/mol. The van der Waals surface area contributed by atoms with Crippen LogP contribution in [0.1, 0.15) is 25.0 Å². The van der Waals surface area contributed by atoms with Gasteiger partial charge in [-0.15, -0.1) is 0 Å². The summed E-state index contributed by atoms with van der Waals surface area (Å²) in [6.45, 7) is 4.72. The maximum Gasteiger partial charge on any atom is 0.0561 e. The van der Waals surface area contributed by atoms with Crippen LogP contribution in [0.4, 0.5) is 17.1 Å². The van der Waals surface area contributed by atoms with E-state index in [2.05, 4.69) is 217 Å². The van der Waals surface area contributed by atoms with Gasteiger partial charge in [0.2, 0.25) is 0 Å². The van der Waals surface area contributed by atoms with Crippen LogP contribution in [0.3, 0.4) is 0 Å². The highest BCUT2D eigenvalue weighted by atomic mass is 15.1. The largest absolute Gasteiger partial charge is 0.310 e. The molecule has 53 heavy (non-hydrogen) atoms. The molecule has 0 atom stereocenters. The maximum absolute atomic E-state index is 2.46. The average molecular weight is 679 g/mol. The maximum atomic E-state index is 2.46. The molecule has 2 nitrogen and oxygen atoms in total. The van der Waals surface area contributed by atoms with E-state index in [1.807, 2.05) is 0 Å². The Hall–Kier alpha value is -6.64. The minimum absolute atomic E-state index is 0.127. The molecule has 1 aliphatic carbocycles. The molecule has 2 heteroatoms. The van der Waals surface area contributed by atoms with Crippen molar-refractivity contribution in [3.05, 3.63) is 205 Å². The summed E-state index contributed by atoms with van der Waals surface area (Å²) in [4.78, 5) is 2.46. The van der Waals surface area contributed by atoms with Gasteiger partial charge in [0.1, 0.15) is 0 Å². The van der Waals surface area contributed by atoms with Crippen molar-refractivity contribution in [2.24, 2.45) is 0 Å². The molecule has 0 amide bonds. The molecule has 8 aromatic carbocycles. The van der Waals surface area contributed by atoms with E-state index in [9.17, 15) is 0 Å². The van der Waals surface area contributed by atoms with Crippen molar-refractivity contribution in [2.75, 3.05) is 4.90 Å². The Balaban J connectivity index is 1.26. The van der Waals surface area contributed by atoms with Gasteiger partial charge in [-0.25, -0.2) is 0 Å². The zero-order chi connectivity index (χ0) is 35.5. The Labute approximate surface area is 310 Å². The van der Waals surface area contributed by atoms with Crippen molar-refractivity contribution < 1.29 is 0 Å². The number of hydrogen-bond donors (Lipinski definition) is 0. The summed E-state index contributed by atoms with van der Waals surface area (Å²) in [6.07, 6.45) is 0. The van der Waals surface area contributed by atoms with Crippen LogP contribution in [0.2, 0.25) is 0 Å². The first-order chi connectivity index (χ1) is 26.0. The van der Waals surface area contributed by atoms with Gasteiger partial charge in [-0.05, 0) is 105 Å². The van der Waals surface area contributed by atoms with Gasteiger partial charge in [-0.3, -0.25) is 0 Å². The molecule has 0 spiro atoms. The summed E-state index contributed by atoms with van der Waals surface area (Å²) in [6, 6.07) is 71.0. The fourth-order valence-electron chi connectivity index (χ4n) is 8.57. The van der Waals surface area contributed by atoms with Crippen LogP contribution in [0.5, 0.6) is 0 Å². The molecule has 0 aliphatic heterocycles. The van der Waals surface area contributed by atoms with Gasteiger partial charge in [0.25, 0.3) is 0 Å². The number of fused-ring (bicyclic) bond motifs is 6. The first-order valence-corrected chi connectivity index (χ1v) is 18.4. The zero-order valence-electron chi connectivity index (χ0n) is 29.9. The Bertz CT molecular complexity index is 2740. The van der Waals surface area contributed by atoms with Crippen LogP contribution >= 0.6 is 0 Å². The number of aromatic nitrogens is 1. The molecule has 0 radical (unpaired) electrons. The lowest BCUT2D eigenvalue weighted by molar-refractivity contribution is 0.660. The third kappa shape index (κ3) is 5.10. The lowest BCUT2D eigenvalue weighted by Crippen LogP contribution is -2.16. The topological polar surface area (TPSA) is 8.17 Å². The van der Waals surface area contributed by atoms with Crippen LogP contribution < -0.4 is 4.90 Å². The summed E-state index contributed by atoms with van der Waals surface area (Å²) >= 11 is 0. The third-order valence-electron chi connectivity index (χ3n) is 11.1. The standard InChI is InChI=1S/C51H38N2/c1-51(2)47-24-14-12-22-43(47)44-28-26-40(33-48(44)51)52(42-31-37(35-16-6-3-7-17-35)30-38(32-42)36-18-8-4-9-19-36)41-27-29-46-45-23-13-15-25-49(45)53(50(46)34-41)39-20-10-5-11-21-39/h3-34H,1-2H3. The smallest absolute Gasteiger partial charge is 0.0561 e. The van der Waals surface area contributed by atoms with E-state index in [0.717, 1.165) is 22.7 Å². The lowest BCUT2D eigenvalue weighted by Gasteiger charge is -2.29. The number of benzene rings is 8. The van der Waals surface area contributed by atoms with Gasteiger partial charge in [0.15, 0.2) is 0 Å². The molecular formula is C51H38N2. The van der Waals surface area contributed by atoms with Gasteiger partial charge in [0, 0.05) is 38.9 Å².